The molecule has 3 rings (SSSR count). The van der Waals surface area contributed by atoms with Crippen LogP contribution in [0.25, 0.3) is 5.70 Å². The van der Waals surface area contributed by atoms with Crippen molar-refractivity contribution in [3.63, 3.8) is 0 Å². The first-order valence-electron chi connectivity index (χ1n) is 9.80. The maximum atomic E-state index is 4.26. The number of hydrogen-bond donors (Lipinski definition) is 0. The number of benzene rings is 1. The number of aryl methyl sites for hydroxylation is 2. The van der Waals surface area contributed by atoms with E-state index in [-0.39, 0.29) is 0 Å². The lowest BCUT2D eigenvalue weighted by Crippen LogP contribution is -2.38. The number of fused-ring (bicyclic) bond motifs is 3. The molecule has 142 valence electrons. The Morgan fingerprint density at radius 1 is 1.15 bits per heavy atom. The molecule has 27 heavy (non-hydrogen) atoms. The molecule has 1 heteroatoms. The van der Waals surface area contributed by atoms with E-state index in [0.29, 0.717) is 6.04 Å². The van der Waals surface area contributed by atoms with E-state index in [2.05, 4.69) is 75.9 Å². The van der Waals surface area contributed by atoms with Crippen molar-refractivity contribution < 1.29 is 0 Å². The van der Waals surface area contributed by atoms with Gasteiger partial charge in [-0.1, -0.05) is 57.4 Å². The largest absolute Gasteiger partial charge is 0.339 e. The second-order valence-electron chi connectivity index (χ2n) is 7.25. The molecular formula is C26H33N. The van der Waals surface area contributed by atoms with Crippen LogP contribution in [0.3, 0.4) is 0 Å². The number of nitrogens with zero attached hydrogens (tertiary/aromatic N) is 1. The average Bonchev–Trinajstić information content (AvgIpc) is 2.63. The molecule has 0 saturated heterocycles. The van der Waals surface area contributed by atoms with Crippen LogP contribution < -0.4 is 0 Å². The minimum absolute atomic E-state index is 0.293. The fourth-order valence-corrected chi connectivity index (χ4v) is 3.74. The Balaban J connectivity index is 0.00000126. The van der Waals surface area contributed by atoms with Gasteiger partial charge in [-0.3, -0.25) is 0 Å². The monoisotopic (exact) mass is 359 g/mol. The van der Waals surface area contributed by atoms with Crippen LogP contribution in [0.1, 0.15) is 49.9 Å². The quantitative estimate of drug-likeness (QED) is 0.522. The molecule has 0 amide bonds. The summed E-state index contributed by atoms with van der Waals surface area (Å²) in [6.07, 6.45) is 9.43. The summed E-state index contributed by atoms with van der Waals surface area (Å²) < 4.78 is 0. The van der Waals surface area contributed by atoms with Gasteiger partial charge in [0.25, 0.3) is 0 Å². The van der Waals surface area contributed by atoms with Crippen LogP contribution >= 0.6 is 0 Å². The highest BCUT2D eigenvalue weighted by Gasteiger charge is 2.32. The van der Waals surface area contributed by atoms with Gasteiger partial charge >= 0.3 is 0 Å². The standard InChI is InChI=1S/C24H27N.C2H6/c1-8-9-16(4)23-13-20-10-17(5)18(6)11-21(20)24-12-19(7)22(15(2)3)14-25(23)24;1-2/h8-12,14,23H,1-2,7,13H2,3-6H3;1-2H3/b16-9+;. The van der Waals surface area contributed by atoms with Gasteiger partial charge in [0.05, 0.1) is 6.04 Å². The number of allylic oxidation sites excluding steroid dienone is 6. The normalized spacial score (nSPS) is 18.4. The maximum Gasteiger partial charge on any atom is 0.0587 e. The molecule has 2 aliphatic rings. The zero-order valence-electron chi connectivity index (χ0n) is 17.8. The molecule has 0 aliphatic carbocycles. The summed E-state index contributed by atoms with van der Waals surface area (Å²) in [6.45, 7) is 24.9. The minimum Gasteiger partial charge on any atom is -0.339 e. The van der Waals surface area contributed by atoms with Gasteiger partial charge in [0, 0.05) is 17.5 Å². The molecule has 0 aromatic heterocycles. The van der Waals surface area contributed by atoms with Crippen molar-refractivity contribution in [1.82, 2.24) is 4.90 Å². The van der Waals surface area contributed by atoms with Crippen molar-refractivity contribution in [2.75, 3.05) is 0 Å². The lowest BCUT2D eigenvalue weighted by Gasteiger charge is -2.42. The molecule has 0 bridgehead atoms. The summed E-state index contributed by atoms with van der Waals surface area (Å²) >= 11 is 0. The van der Waals surface area contributed by atoms with Crippen molar-refractivity contribution in [3.05, 3.63) is 101 Å². The number of rotatable bonds is 3. The van der Waals surface area contributed by atoms with Crippen LogP contribution in [-0.4, -0.2) is 10.9 Å². The highest BCUT2D eigenvalue weighted by atomic mass is 15.2. The van der Waals surface area contributed by atoms with Gasteiger partial charge in [-0.2, -0.15) is 0 Å². The van der Waals surface area contributed by atoms with Gasteiger partial charge in [0.1, 0.15) is 0 Å². The van der Waals surface area contributed by atoms with Crippen molar-refractivity contribution in [1.29, 1.82) is 0 Å². The van der Waals surface area contributed by atoms with Crippen molar-refractivity contribution in [3.8, 4) is 0 Å². The molecule has 1 aromatic carbocycles. The Morgan fingerprint density at radius 3 is 2.37 bits per heavy atom. The summed E-state index contributed by atoms with van der Waals surface area (Å²) in [5.74, 6) is 0. The molecule has 1 aromatic rings. The summed E-state index contributed by atoms with van der Waals surface area (Å²) in [5.41, 5.74) is 11.2. The van der Waals surface area contributed by atoms with Crippen LogP contribution in [0.5, 0.6) is 0 Å². The SMILES string of the molecule is C=C/C=C(\C)C1Cc2cc(C)c(C)cc2C2=CC(=C)C(C(=C)C)=CN21.CC. The molecule has 0 saturated carbocycles. The second-order valence-corrected chi connectivity index (χ2v) is 7.25. The molecule has 0 radical (unpaired) electrons. The molecule has 2 aliphatic heterocycles. The van der Waals surface area contributed by atoms with Crippen molar-refractivity contribution in [2.45, 2.75) is 54.0 Å². The number of hydrogen-bond acceptors (Lipinski definition) is 1. The maximum absolute atomic E-state index is 4.26. The van der Waals surface area contributed by atoms with E-state index < -0.39 is 0 Å². The fourth-order valence-electron chi connectivity index (χ4n) is 3.74. The molecular weight excluding hydrogens is 326 g/mol. The highest BCUT2D eigenvalue weighted by Crippen LogP contribution is 2.41. The van der Waals surface area contributed by atoms with Crippen molar-refractivity contribution in [2.24, 2.45) is 0 Å². The molecule has 0 spiro atoms. The summed E-state index contributed by atoms with van der Waals surface area (Å²) in [7, 11) is 0. The van der Waals surface area contributed by atoms with E-state index >= 15 is 0 Å². The molecule has 0 N–H and O–H groups in total. The smallest absolute Gasteiger partial charge is 0.0587 e. The molecule has 2 heterocycles. The summed E-state index contributed by atoms with van der Waals surface area (Å²) in [6, 6.07) is 4.96. The van der Waals surface area contributed by atoms with Crippen LogP contribution in [0.4, 0.5) is 0 Å². The topological polar surface area (TPSA) is 3.24 Å². The molecule has 1 nitrogen and oxygen atoms in total. The van der Waals surface area contributed by atoms with E-state index in [1.165, 1.54) is 33.5 Å². The molecule has 1 atom stereocenters. The zero-order valence-corrected chi connectivity index (χ0v) is 17.8. The van der Waals surface area contributed by atoms with Gasteiger partial charge in [-0.15, -0.1) is 0 Å². The van der Waals surface area contributed by atoms with Gasteiger partial charge < -0.3 is 4.90 Å². The summed E-state index contributed by atoms with van der Waals surface area (Å²) in [4.78, 5) is 2.39. The zero-order chi connectivity index (χ0) is 20.3. The van der Waals surface area contributed by atoms with Crippen molar-refractivity contribution >= 4 is 5.70 Å². The van der Waals surface area contributed by atoms with E-state index in [9.17, 15) is 0 Å². The Kier molecular flexibility index (Phi) is 6.49. The van der Waals surface area contributed by atoms with E-state index in [0.717, 1.165) is 23.1 Å². The third-order valence-corrected chi connectivity index (χ3v) is 5.31. The molecule has 1 unspecified atom stereocenters. The third kappa shape index (κ3) is 3.93. The van der Waals surface area contributed by atoms with E-state index in [1.54, 1.807) is 0 Å². The van der Waals surface area contributed by atoms with Gasteiger partial charge in [-0.05, 0) is 79.7 Å². The second kappa shape index (κ2) is 8.43. The summed E-state index contributed by atoms with van der Waals surface area (Å²) in [5, 5.41) is 0. The Bertz CT molecular complexity index is 874. The van der Waals surface area contributed by atoms with E-state index in [4.69, 9.17) is 0 Å². The highest BCUT2D eigenvalue weighted by molar-refractivity contribution is 5.77. The first-order chi connectivity index (χ1) is 12.8. The van der Waals surface area contributed by atoms with Crippen LogP contribution in [0, 0.1) is 13.8 Å². The van der Waals surface area contributed by atoms with Gasteiger partial charge in [0.15, 0.2) is 0 Å². The average molecular weight is 360 g/mol. The first kappa shape index (κ1) is 20.8. The lowest BCUT2D eigenvalue weighted by molar-refractivity contribution is 0.406. The van der Waals surface area contributed by atoms with Crippen LogP contribution in [0.15, 0.2) is 78.6 Å². The van der Waals surface area contributed by atoms with Crippen LogP contribution in [0.2, 0.25) is 0 Å². The Labute approximate surface area is 165 Å². The van der Waals surface area contributed by atoms with Gasteiger partial charge in [0.2, 0.25) is 0 Å². The predicted octanol–water partition coefficient (Wildman–Crippen LogP) is 7.06. The minimum atomic E-state index is 0.293. The van der Waals surface area contributed by atoms with E-state index in [1.807, 2.05) is 26.8 Å². The Hall–Kier alpha value is -2.54. The molecule has 0 fully saturated rings. The fraction of sp³-hybridized carbons (Fsp3) is 0.308. The Morgan fingerprint density at radius 2 is 1.78 bits per heavy atom. The van der Waals surface area contributed by atoms with Crippen LogP contribution in [-0.2, 0) is 6.42 Å². The first-order valence-corrected chi connectivity index (χ1v) is 9.80. The predicted molar refractivity (Wildman–Crippen MR) is 121 cm³/mol. The third-order valence-electron chi connectivity index (χ3n) is 5.31. The lowest BCUT2D eigenvalue weighted by atomic mass is 9.83. The van der Waals surface area contributed by atoms with Gasteiger partial charge in [-0.25, -0.2) is 0 Å².